The average Bonchev–Trinajstić information content (AvgIpc) is 2.14. The topological polar surface area (TPSA) is 55.0 Å². The van der Waals surface area contributed by atoms with E-state index in [1.807, 2.05) is 6.92 Å². The van der Waals surface area contributed by atoms with Gasteiger partial charge in [0.1, 0.15) is 5.82 Å². The van der Waals surface area contributed by atoms with Gasteiger partial charge in [-0.05, 0) is 25.2 Å². The first kappa shape index (κ1) is 11.2. The number of nitrogen functional groups attached to an aromatic ring is 1. The van der Waals surface area contributed by atoms with Crippen LogP contribution in [-0.2, 0) is 0 Å². The van der Waals surface area contributed by atoms with E-state index in [0.29, 0.717) is 17.7 Å². The highest BCUT2D eigenvalue weighted by molar-refractivity contribution is 5.40. The van der Waals surface area contributed by atoms with Crippen molar-refractivity contribution >= 4 is 11.8 Å². The molecule has 2 heterocycles. The molecule has 4 heteroatoms. The predicted octanol–water partition coefficient (Wildman–Crippen LogP) is 1.85. The van der Waals surface area contributed by atoms with Crippen LogP contribution in [0.2, 0.25) is 0 Å². The summed E-state index contributed by atoms with van der Waals surface area (Å²) in [4.78, 5) is 11.0. The van der Waals surface area contributed by atoms with Gasteiger partial charge in [0.15, 0.2) is 0 Å². The lowest BCUT2D eigenvalue weighted by Gasteiger charge is -2.35. The molecule has 0 saturated carbocycles. The van der Waals surface area contributed by atoms with Gasteiger partial charge >= 0.3 is 0 Å². The molecule has 4 nitrogen and oxygen atoms in total. The molecule has 0 radical (unpaired) electrons. The number of nitrogens with two attached hydrogens (primary N) is 1. The van der Waals surface area contributed by atoms with Gasteiger partial charge in [0.05, 0.1) is 0 Å². The first-order chi connectivity index (χ1) is 7.54. The van der Waals surface area contributed by atoms with E-state index in [1.165, 1.54) is 6.42 Å². The van der Waals surface area contributed by atoms with E-state index in [2.05, 4.69) is 28.7 Å². The van der Waals surface area contributed by atoms with Crippen molar-refractivity contribution in [2.45, 2.75) is 27.2 Å². The monoisotopic (exact) mass is 220 g/mol. The van der Waals surface area contributed by atoms with Gasteiger partial charge < -0.3 is 10.6 Å². The summed E-state index contributed by atoms with van der Waals surface area (Å²) < 4.78 is 0. The van der Waals surface area contributed by atoms with Gasteiger partial charge in [0, 0.05) is 24.8 Å². The van der Waals surface area contributed by atoms with E-state index < -0.39 is 0 Å². The zero-order chi connectivity index (χ0) is 11.7. The lowest BCUT2D eigenvalue weighted by atomic mass is 9.92. The number of aryl methyl sites for hydroxylation is 1. The highest BCUT2D eigenvalue weighted by atomic mass is 15.3. The Morgan fingerprint density at radius 2 is 1.88 bits per heavy atom. The third-order valence-corrected chi connectivity index (χ3v) is 3.01. The number of hydrogen-bond donors (Lipinski definition) is 1. The molecule has 2 rings (SSSR count). The molecule has 1 aromatic heterocycles. The van der Waals surface area contributed by atoms with Crippen molar-refractivity contribution in [1.29, 1.82) is 0 Å². The Balaban J connectivity index is 2.22. The summed E-state index contributed by atoms with van der Waals surface area (Å²) >= 11 is 0. The van der Waals surface area contributed by atoms with Crippen molar-refractivity contribution in [2.75, 3.05) is 23.7 Å². The molecule has 16 heavy (non-hydrogen) atoms. The molecule has 2 N–H and O–H groups in total. The largest absolute Gasteiger partial charge is 0.384 e. The van der Waals surface area contributed by atoms with E-state index in [-0.39, 0.29) is 0 Å². The maximum absolute atomic E-state index is 5.76. The number of aromatic nitrogens is 2. The third-order valence-electron chi connectivity index (χ3n) is 3.01. The summed E-state index contributed by atoms with van der Waals surface area (Å²) in [5, 5.41) is 0. The van der Waals surface area contributed by atoms with E-state index in [4.69, 9.17) is 5.73 Å². The van der Waals surface area contributed by atoms with Crippen molar-refractivity contribution < 1.29 is 0 Å². The Hall–Kier alpha value is -1.32. The SMILES string of the molecule is Cc1cc(N)nc(N2C[C@@H](C)C[C@H](C)C2)n1. The minimum atomic E-state index is 0.563. The van der Waals surface area contributed by atoms with Crippen LogP contribution in [0.5, 0.6) is 0 Å². The Kier molecular flexibility index (Phi) is 2.99. The molecular weight excluding hydrogens is 200 g/mol. The van der Waals surface area contributed by atoms with Crippen molar-refractivity contribution in [3.05, 3.63) is 11.8 Å². The summed E-state index contributed by atoms with van der Waals surface area (Å²) in [5.41, 5.74) is 6.70. The van der Waals surface area contributed by atoms with Gasteiger partial charge in [-0.2, -0.15) is 4.98 Å². The van der Waals surface area contributed by atoms with Crippen LogP contribution in [0.1, 0.15) is 26.0 Å². The van der Waals surface area contributed by atoms with Crippen LogP contribution in [0.15, 0.2) is 6.07 Å². The second-order valence-corrected chi connectivity index (χ2v) is 5.09. The normalized spacial score (nSPS) is 25.8. The van der Waals surface area contributed by atoms with E-state index in [0.717, 1.165) is 24.7 Å². The maximum Gasteiger partial charge on any atom is 0.227 e. The second kappa shape index (κ2) is 4.28. The fourth-order valence-electron chi connectivity index (χ4n) is 2.54. The van der Waals surface area contributed by atoms with Crippen molar-refractivity contribution in [3.63, 3.8) is 0 Å². The van der Waals surface area contributed by atoms with Crippen LogP contribution in [0.3, 0.4) is 0 Å². The summed E-state index contributed by atoms with van der Waals surface area (Å²) in [6.45, 7) is 8.59. The first-order valence-corrected chi connectivity index (χ1v) is 5.90. The number of nitrogens with zero attached hydrogens (tertiary/aromatic N) is 3. The quantitative estimate of drug-likeness (QED) is 0.784. The van der Waals surface area contributed by atoms with Crippen LogP contribution in [0.25, 0.3) is 0 Å². The van der Waals surface area contributed by atoms with Gasteiger partial charge in [-0.3, -0.25) is 0 Å². The molecule has 0 unspecified atom stereocenters. The number of anilines is 2. The third kappa shape index (κ3) is 2.43. The molecule has 0 bridgehead atoms. The van der Waals surface area contributed by atoms with Gasteiger partial charge in [-0.25, -0.2) is 4.98 Å². The Labute approximate surface area is 96.9 Å². The van der Waals surface area contributed by atoms with E-state index in [1.54, 1.807) is 6.07 Å². The fraction of sp³-hybridized carbons (Fsp3) is 0.667. The minimum Gasteiger partial charge on any atom is -0.384 e. The molecule has 1 aliphatic rings. The highest BCUT2D eigenvalue weighted by Gasteiger charge is 2.23. The number of rotatable bonds is 1. The predicted molar refractivity (Wildman–Crippen MR) is 66.3 cm³/mol. The molecule has 1 fully saturated rings. The standard InChI is InChI=1S/C12H20N4/c1-8-4-9(2)7-16(6-8)12-14-10(3)5-11(13)15-12/h5,8-9H,4,6-7H2,1-3H3,(H2,13,14,15)/t8-,9-/m0/s1. The fourth-order valence-corrected chi connectivity index (χ4v) is 2.54. The van der Waals surface area contributed by atoms with Gasteiger partial charge in [0.25, 0.3) is 0 Å². The van der Waals surface area contributed by atoms with Crippen LogP contribution in [-0.4, -0.2) is 23.1 Å². The summed E-state index contributed by atoms with van der Waals surface area (Å²) in [7, 11) is 0. The molecular formula is C12H20N4. The van der Waals surface area contributed by atoms with Crippen LogP contribution >= 0.6 is 0 Å². The summed E-state index contributed by atoms with van der Waals surface area (Å²) in [5.74, 6) is 2.76. The van der Waals surface area contributed by atoms with Crippen molar-refractivity contribution in [1.82, 2.24) is 9.97 Å². The van der Waals surface area contributed by atoms with Gasteiger partial charge in [-0.15, -0.1) is 0 Å². The summed E-state index contributed by atoms with van der Waals surface area (Å²) in [6, 6.07) is 1.81. The number of piperidine rings is 1. The first-order valence-electron chi connectivity index (χ1n) is 5.90. The zero-order valence-corrected chi connectivity index (χ0v) is 10.3. The van der Waals surface area contributed by atoms with Crippen molar-refractivity contribution in [3.8, 4) is 0 Å². The van der Waals surface area contributed by atoms with E-state index in [9.17, 15) is 0 Å². The smallest absolute Gasteiger partial charge is 0.227 e. The molecule has 0 aliphatic carbocycles. The van der Waals surface area contributed by atoms with Crippen LogP contribution in [0.4, 0.5) is 11.8 Å². The Morgan fingerprint density at radius 1 is 1.25 bits per heavy atom. The molecule has 1 aliphatic heterocycles. The number of hydrogen-bond acceptors (Lipinski definition) is 4. The molecule has 0 amide bonds. The van der Waals surface area contributed by atoms with Crippen molar-refractivity contribution in [2.24, 2.45) is 11.8 Å². The Bertz CT molecular complexity index is 347. The van der Waals surface area contributed by atoms with Crippen LogP contribution in [0, 0.1) is 18.8 Å². The maximum atomic E-state index is 5.76. The summed E-state index contributed by atoms with van der Waals surface area (Å²) in [6.07, 6.45) is 1.29. The Morgan fingerprint density at radius 3 is 2.44 bits per heavy atom. The molecule has 0 spiro atoms. The lowest BCUT2D eigenvalue weighted by Crippen LogP contribution is -2.39. The highest BCUT2D eigenvalue weighted by Crippen LogP contribution is 2.24. The van der Waals surface area contributed by atoms with E-state index >= 15 is 0 Å². The molecule has 1 saturated heterocycles. The van der Waals surface area contributed by atoms with Gasteiger partial charge in [0.2, 0.25) is 5.95 Å². The molecule has 0 aromatic carbocycles. The molecule has 88 valence electrons. The average molecular weight is 220 g/mol. The minimum absolute atomic E-state index is 0.563. The zero-order valence-electron chi connectivity index (χ0n) is 10.3. The lowest BCUT2D eigenvalue weighted by molar-refractivity contribution is 0.353. The second-order valence-electron chi connectivity index (χ2n) is 5.09. The van der Waals surface area contributed by atoms with Crippen LogP contribution < -0.4 is 10.6 Å². The molecule has 2 atom stereocenters. The van der Waals surface area contributed by atoms with Gasteiger partial charge in [-0.1, -0.05) is 13.8 Å². The molecule has 1 aromatic rings.